The van der Waals surface area contributed by atoms with Crippen LogP contribution >= 0.6 is 0 Å². The van der Waals surface area contributed by atoms with E-state index in [0.29, 0.717) is 13.2 Å². The van der Waals surface area contributed by atoms with Gasteiger partial charge in [0, 0.05) is 75.1 Å². The van der Waals surface area contributed by atoms with Crippen LogP contribution in [-0.4, -0.2) is 100 Å². The number of rotatable bonds is 22. The molecule has 0 amide bonds. The molecule has 0 aliphatic carbocycles. The van der Waals surface area contributed by atoms with Gasteiger partial charge < -0.3 is 38.5 Å². The molecule has 0 radical (unpaired) electrons. The largest absolute Gasteiger partial charge is 0.458 e. The van der Waals surface area contributed by atoms with Gasteiger partial charge in [-0.15, -0.1) is 0 Å². The van der Waals surface area contributed by atoms with Crippen LogP contribution in [0.4, 0.5) is 22.7 Å². The maximum Gasteiger partial charge on any atom is 0.350 e. The molecule has 16 nitrogen and oxygen atoms in total. The molecule has 2 aromatic heterocycles. The summed E-state index contributed by atoms with van der Waals surface area (Å²) in [6, 6.07) is 52.5. The summed E-state index contributed by atoms with van der Waals surface area (Å²) in [5, 5.41) is 9.02. The van der Waals surface area contributed by atoms with E-state index < -0.39 is 0 Å². The molecular weight excluding hydrogens is 969 g/mol. The fourth-order valence-electron chi connectivity index (χ4n) is 10.4. The first kappa shape index (κ1) is 52.4. The lowest BCUT2D eigenvalue weighted by atomic mass is 10.1. The van der Waals surface area contributed by atoms with Crippen LogP contribution in [0.5, 0.6) is 11.5 Å². The molecule has 10 rings (SSSR count). The second kappa shape index (κ2) is 24.7. The lowest BCUT2D eigenvalue weighted by Gasteiger charge is -2.37. The summed E-state index contributed by atoms with van der Waals surface area (Å²) in [7, 11) is 0. The number of nitrogens with zero attached hydrogens (tertiary/aromatic N) is 10. The van der Waals surface area contributed by atoms with Crippen LogP contribution < -0.4 is 40.5 Å². The second-order valence-electron chi connectivity index (χ2n) is 19.8. The van der Waals surface area contributed by atoms with E-state index in [-0.39, 0.29) is 42.5 Å². The number of hydrogen-bond donors (Lipinski definition) is 0. The Hall–Kier alpha value is -8.08. The van der Waals surface area contributed by atoms with Gasteiger partial charge in [-0.05, 0) is 135 Å². The molecule has 0 N–H and O–H groups in total. The number of piperazine rings is 2. The minimum atomic E-state index is -0.187. The summed E-state index contributed by atoms with van der Waals surface area (Å²) in [6.45, 7) is 16.2. The van der Waals surface area contributed by atoms with Gasteiger partial charge in [0.2, 0.25) is 6.79 Å². The topological polar surface area (TPSA) is 130 Å². The van der Waals surface area contributed by atoms with Gasteiger partial charge in [0.1, 0.15) is 24.2 Å². The van der Waals surface area contributed by atoms with E-state index in [9.17, 15) is 9.59 Å². The normalized spacial score (nSPS) is 15.5. The Morgan fingerprint density at radius 2 is 0.714 bits per heavy atom. The van der Waals surface area contributed by atoms with Crippen molar-refractivity contribution in [3.05, 3.63) is 202 Å². The monoisotopic (exact) mass is 1040 g/mol. The molecule has 2 fully saturated rings. The lowest BCUT2D eigenvalue weighted by molar-refractivity contribution is 0.0116. The van der Waals surface area contributed by atoms with Crippen molar-refractivity contribution in [2.24, 2.45) is 0 Å². The predicted octanol–water partition coefficient (Wildman–Crippen LogP) is 9.56. The van der Waals surface area contributed by atoms with Crippen LogP contribution in [0.25, 0.3) is 11.4 Å². The Kier molecular flexibility index (Phi) is 16.8. The van der Waals surface area contributed by atoms with Gasteiger partial charge in [0.15, 0.2) is 0 Å². The van der Waals surface area contributed by atoms with E-state index in [1.807, 2.05) is 123 Å². The van der Waals surface area contributed by atoms with E-state index in [1.54, 1.807) is 31.2 Å². The molecule has 0 saturated carbocycles. The second-order valence-corrected chi connectivity index (χ2v) is 19.8. The highest BCUT2D eigenvalue weighted by atomic mass is 16.7. The van der Waals surface area contributed by atoms with Crippen molar-refractivity contribution >= 4 is 22.7 Å². The van der Waals surface area contributed by atoms with Crippen molar-refractivity contribution in [1.82, 2.24) is 28.7 Å². The van der Waals surface area contributed by atoms with Gasteiger partial charge in [-0.3, -0.25) is 0 Å². The van der Waals surface area contributed by atoms with Crippen molar-refractivity contribution in [3.8, 4) is 22.9 Å². The van der Waals surface area contributed by atoms with Gasteiger partial charge in [0.25, 0.3) is 0 Å². The maximum absolute atomic E-state index is 13.6. The van der Waals surface area contributed by atoms with E-state index >= 15 is 0 Å². The van der Waals surface area contributed by atoms with Crippen LogP contribution in [-0.2, 0) is 22.7 Å². The van der Waals surface area contributed by atoms with E-state index in [0.717, 1.165) is 122 Å². The number of hydrogen-bond acceptors (Lipinski definition) is 12. The molecule has 77 heavy (non-hydrogen) atoms. The third-order valence-corrected chi connectivity index (χ3v) is 15.0. The van der Waals surface area contributed by atoms with Gasteiger partial charge in [0.05, 0.1) is 48.9 Å². The van der Waals surface area contributed by atoms with Gasteiger partial charge in [-0.25, -0.2) is 28.1 Å². The number of aromatic nitrogens is 6. The highest BCUT2D eigenvalue weighted by Crippen LogP contribution is 2.27. The Morgan fingerprint density at radius 3 is 1.03 bits per heavy atom. The molecule has 4 heterocycles. The Balaban J connectivity index is 0.636. The molecule has 400 valence electrons. The quantitative estimate of drug-likeness (QED) is 0.0600. The zero-order valence-electron chi connectivity index (χ0n) is 44.6. The van der Waals surface area contributed by atoms with Crippen molar-refractivity contribution < 1.29 is 18.9 Å². The fourth-order valence-corrected chi connectivity index (χ4v) is 10.4. The summed E-state index contributed by atoms with van der Waals surface area (Å²) in [6.07, 6.45) is 4.28. The van der Waals surface area contributed by atoms with Gasteiger partial charge in [-0.1, -0.05) is 74.5 Å². The number of anilines is 4. The molecular formula is C61H70N10O6. The molecule has 16 heteroatoms. The van der Waals surface area contributed by atoms with Crippen LogP contribution in [0.15, 0.2) is 180 Å². The average molecular weight is 1040 g/mol. The van der Waals surface area contributed by atoms with E-state index in [1.165, 1.54) is 0 Å². The molecule has 6 aromatic carbocycles. The molecule has 0 bridgehead atoms. The SMILES string of the molecule is CC[C@@H]([C@H](C)OCc1ccccc1)n1ncn(-c2ccc(N3CCN(c4ccc(OCOc5ccc(N6CCN(c7ccc(-n8cnn([C@@H](CC)[C@H](C)OCc9ccccc9)c8=O)cc7)CC6)cc5)cc4)CC3)cc2)c1=O. The highest BCUT2D eigenvalue weighted by Gasteiger charge is 2.26. The minimum Gasteiger partial charge on any atom is -0.458 e. The van der Waals surface area contributed by atoms with Crippen LogP contribution in [0, 0.1) is 0 Å². The smallest absolute Gasteiger partial charge is 0.350 e. The van der Waals surface area contributed by atoms with Crippen molar-refractivity contribution in [2.45, 2.75) is 78.0 Å². The van der Waals surface area contributed by atoms with Crippen LogP contribution in [0.3, 0.4) is 0 Å². The fraction of sp³-hybridized carbons (Fsp3) is 0.344. The number of benzene rings is 6. The minimum absolute atomic E-state index is 0.104. The van der Waals surface area contributed by atoms with E-state index in [2.05, 4.69) is 92.2 Å². The molecule has 2 saturated heterocycles. The molecule has 0 spiro atoms. The Morgan fingerprint density at radius 1 is 0.416 bits per heavy atom. The maximum atomic E-state index is 13.6. The van der Waals surface area contributed by atoms with Crippen molar-refractivity contribution in [1.29, 1.82) is 0 Å². The molecule has 2 aliphatic heterocycles. The highest BCUT2D eigenvalue weighted by molar-refractivity contribution is 5.56. The predicted molar refractivity (Wildman–Crippen MR) is 304 cm³/mol. The summed E-state index contributed by atoms with van der Waals surface area (Å²) in [5.41, 5.74) is 7.96. The first-order valence-electron chi connectivity index (χ1n) is 27.0. The first-order valence-corrected chi connectivity index (χ1v) is 27.0. The standard InChI is InChI=1S/C61H70N10O6/c1-5-58(46(3)74-41-48-13-9-7-10-14-48)70-60(72)68(43-62-70)54-21-17-50(18-22-54)64-33-37-66(38-34-64)52-25-29-56(30-26-52)76-45-77-57-31-27-53(28-32-57)67-39-35-65(36-40-67)51-19-23-55(24-20-51)69-44-63-71(61(69)73)59(6-2)47(4)75-42-49-15-11-8-12-16-49/h7-32,43-44,46-47,58-59H,5-6,33-42,45H2,1-4H3/t46-,47-,58-,59-/m0/s1. The molecule has 2 aliphatic rings. The van der Waals surface area contributed by atoms with Crippen molar-refractivity contribution in [2.75, 3.05) is 78.8 Å². The zero-order valence-corrected chi connectivity index (χ0v) is 44.6. The van der Waals surface area contributed by atoms with Gasteiger partial charge in [-0.2, -0.15) is 10.2 Å². The lowest BCUT2D eigenvalue weighted by Crippen LogP contribution is -2.46. The summed E-state index contributed by atoms with van der Waals surface area (Å²) in [5.74, 6) is 1.50. The first-order chi connectivity index (χ1) is 37.7. The number of ether oxygens (including phenoxy) is 4. The summed E-state index contributed by atoms with van der Waals surface area (Å²) >= 11 is 0. The Bertz CT molecular complexity index is 2980. The van der Waals surface area contributed by atoms with E-state index in [4.69, 9.17) is 18.9 Å². The molecule has 0 unspecified atom stereocenters. The molecule has 8 aromatic rings. The summed E-state index contributed by atoms with van der Waals surface area (Å²) < 4.78 is 30.6. The average Bonchev–Trinajstić information content (AvgIpc) is 4.07. The van der Waals surface area contributed by atoms with Crippen LogP contribution in [0.2, 0.25) is 0 Å². The van der Waals surface area contributed by atoms with Gasteiger partial charge >= 0.3 is 11.4 Å². The third-order valence-electron chi connectivity index (χ3n) is 15.0. The third kappa shape index (κ3) is 12.5. The zero-order chi connectivity index (χ0) is 53.1. The summed E-state index contributed by atoms with van der Waals surface area (Å²) in [4.78, 5) is 36.7. The van der Waals surface area contributed by atoms with Crippen molar-refractivity contribution in [3.63, 3.8) is 0 Å². The molecule has 4 atom stereocenters. The Labute approximate surface area is 450 Å². The van der Waals surface area contributed by atoms with Crippen LogP contribution in [0.1, 0.15) is 63.7 Å².